The van der Waals surface area contributed by atoms with E-state index in [1.54, 1.807) is 55.9 Å². The van der Waals surface area contributed by atoms with Gasteiger partial charge in [0.2, 0.25) is 5.91 Å². The fourth-order valence-electron chi connectivity index (χ4n) is 4.11. The van der Waals surface area contributed by atoms with Crippen LogP contribution < -0.4 is 15.0 Å². The topological polar surface area (TPSA) is 104 Å². The molecule has 10 nitrogen and oxygen atoms in total. The summed E-state index contributed by atoms with van der Waals surface area (Å²) in [6, 6.07) is 10.5. The first-order valence-corrected chi connectivity index (χ1v) is 15.0. The van der Waals surface area contributed by atoms with Gasteiger partial charge in [-0.1, -0.05) is 29.3 Å². The zero-order valence-electron chi connectivity index (χ0n) is 23.5. The van der Waals surface area contributed by atoms with Crippen LogP contribution in [0.5, 0.6) is 5.75 Å². The maximum absolute atomic E-state index is 12.1. The molecule has 0 unspecified atom stereocenters. The Morgan fingerprint density at radius 3 is 2.54 bits per heavy atom. The van der Waals surface area contributed by atoms with Gasteiger partial charge in [-0.3, -0.25) is 19.9 Å². The molecule has 1 heterocycles. The summed E-state index contributed by atoms with van der Waals surface area (Å²) in [5.41, 5.74) is 1.88. The van der Waals surface area contributed by atoms with Crippen molar-refractivity contribution >= 4 is 75.2 Å². The van der Waals surface area contributed by atoms with E-state index in [1.807, 2.05) is 12.1 Å². The second-order valence-corrected chi connectivity index (χ2v) is 11.2. The minimum absolute atomic E-state index is 0. The van der Waals surface area contributed by atoms with Crippen LogP contribution >= 0.6 is 51.9 Å². The summed E-state index contributed by atoms with van der Waals surface area (Å²) in [7, 11) is 3.49. The first kappa shape index (κ1) is 34.8. The molecule has 1 amide bonds. The molecule has 0 spiro atoms. The number of hydrogen-bond acceptors (Lipinski definition) is 7. The van der Waals surface area contributed by atoms with Crippen LogP contribution in [0.3, 0.4) is 0 Å². The Hall–Kier alpha value is -2.41. The van der Waals surface area contributed by atoms with Crippen LogP contribution in [0, 0.1) is 10.1 Å². The van der Waals surface area contributed by atoms with E-state index in [9.17, 15) is 14.9 Å². The Morgan fingerprint density at radius 2 is 1.90 bits per heavy atom. The van der Waals surface area contributed by atoms with E-state index in [4.69, 9.17) is 32.9 Å². The summed E-state index contributed by atoms with van der Waals surface area (Å²) in [4.78, 5) is 33.8. The molecule has 1 aliphatic rings. The number of ether oxygens (including phenoxy) is 1. The molecule has 0 saturated carbocycles. The van der Waals surface area contributed by atoms with Gasteiger partial charge < -0.3 is 24.8 Å². The van der Waals surface area contributed by atoms with Crippen LogP contribution in [0.2, 0.25) is 10.0 Å². The number of nitrogens with one attached hydrogen (secondary N) is 1. The van der Waals surface area contributed by atoms with E-state index in [0.717, 1.165) is 28.7 Å². The van der Waals surface area contributed by atoms with Gasteiger partial charge in [0.1, 0.15) is 0 Å². The number of piperazine rings is 1. The van der Waals surface area contributed by atoms with Crippen molar-refractivity contribution in [3.8, 4) is 5.75 Å². The molecule has 14 heteroatoms. The third-order valence-electron chi connectivity index (χ3n) is 6.27. The molecule has 1 N–H and O–H groups in total. The fraction of sp³-hybridized carbons (Fsp3) is 0.481. The maximum atomic E-state index is 12.1. The highest BCUT2D eigenvalue weighted by atomic mass is 79.9. The Bertz CT molecular complexity index is 1200. The van der Waals surface area contributed by atoms with Gasteiger partial charge in [0.15, 0.2) is 11.7 Å². The molecule has 2 aromatic carbocycles. The van der Waals surface area contributed by atoms with Gasteiger partial charge in [-0.2, -0.15) is 11.8 Å². The van der Waals surface area contributed by atoms with Crippen LogP contribution in [-0.4, -0.2) is 92.3 Å². The lowest BCUT2D eigenvalue weighted by Crippen LogP contribution is -2.53. The molecule has 1 aliphatic heterocycles. The number of carbonyl (C=O) groups is 1. The predicted molar refractivity (Wildman–Crippen MR) is 175 cm³/mol. The van der Waals surface area contributed by atoms with Gasteiger partial charge in [-0.25, -0.2) is 0 Å². The summed E-state index contributed by atoms with van der Waals surface area (Å²) in [5, 5.41) is 16.0. The third kappa shape index (κ3) is 10.7. The standard InChI is InChI=1S/C27H36Cl2N6O4S.BrH/c1-4-39-25-18-22(7-8-24(25)35(37)38)33-12-14-34(15-13-33)27(30-10-9-26(36)32(2)3)31-11-16-40-19-20-5-6-21(28)17-23(20)29;/h5-8,17-18H,4,9-16,19H2,1-3H3,(H,30,31);1H. The van der Waals surface area contributed by atoms with Gasteiger partial charge in [0, 0.05) is 92.6 Å². The number of amides is 1. The molecule has 226 valence electrons. The first-order valence-electron chi connectivity index (χ1n) is 13.1. The Balaban J connectivity index is 0.00000588. The number of halogens is 3. The third-order valence-corrected chi connectivity index (χ3v) is 7.85. The fourth-order valence-corrected chi connectivity index (χ4v) is 5.50. The van der Waals surface area contributed by atoms with E-state index in [1.165, 1.54) is 6.07 Å². The molecular weight excluding hydrogens is 655 g/mol. The van der Waals surface area contributed by atoms with Crippen molar-refractivity contribution in [1.82, 2.24) is 15.1 Å². The molecule has 1 saturated heterocycles. The van der Waals surface area contributed by atoms with Gasteiger partial charge in [-0.05, 0) is 30.7 Å². The molecule has 0 radical (unpaired) electrons. The number of guanidine groups is 1. The van der Waals surface area contributed by atoms with Gasteiger partial charge >= 0.3 is 5.69 Å². The minimum atomic E-state index is -0.426. The van der Waals surface area contributed by atoms with Crippen molar-refractivity contribution in [2.45, 2.75) is 19.1 Å². The monoisotopic (exact) mass is 690 g/mol. The van der Waals surface area contributed by atoms with Crippen molar-refractivity contribution in [1.29, 1.82) is 0 Å². The van der Waals surface area contributed by atoms with Crippen molar-refractivity contribution in [2.24, 2.45) is 4.99 Å². The summed E-state index contributed by atoms with van der Waals surface area (Å²) in [6.45, 7) is 6.11. The number of aliphatic imine (C=N–C) groups is 1. The average Bonchev–Trinajstić information content (AvgIpc) is 2.93. The van der Waals surface area contributed by atoms with E-state index in [0.29, 0.717) is 62.3 Å². The number of rotatable bonds is 12. The predicted octanol–water partition coefficient (Wildman–Crippen LogP) is 5.36. The summed E-state index contributed by atoms with van der Waals surface area (Å²) in [6.07, 6.45) is 0.374. The lowest BCUT2D eigenvalue weighted by Gasteiger charge is -2.38. The van der Waals surface area contributed by atoms with Crippen molar-refractivity contribution < 1.29 is 14.5 Å². The Kier molecular flexibility index (Phi) is 14.9. The van der Waals surface area contributed by atoms with E-state index < -0.39 is 4.92 Å². The highest BCUT2D eigenvalue weighted by Crippen LogP contribution is 2.32. The number of benzene rings is 2. The number of anilines is 1. The normalized spacial score (nSPS) is 13.4. The molecule has 0 aliphatic carbocycles. The smallest absolute Gasteiger partial charge is 0.311 e. The first-order chi connectivity index (χ1) is 19.2. The van der Waals surface area contributed by atoms with Crippen LogP contribution in [-0.2, 0) is 10.5 Å². The zero-order chi connectivity index (χ0) is 29.1. The highest BCUT2D eigenvalue weighted by molar-refractivity contribution is 8.93. The highest BCUT2D eigenvalue weighted by Gasteiger charge is 2.23. The molecule has 0 bridgehead atoms. The Labute approximate surface area is 266 Å². The molecule has 41 heavy (non-hydrogen) atoms. The van der Waals surface area contributed by atoms with E-state index in [-0.39, 0.29) is 34.3 Å². The largest absolute Gasteiger partial charge is 0.487 e. The molecule has 3 rings (SSSR count). The zero-order valence-corrected chi connectivity index (χ0v) is 27.5. The van der Waals surface area contributed by atoms with Crippen LogP contribution in [0.1, 0.15) is 18.9 Å². The minimum Gasteiger partial charge on any atom is -0.487 e. The maximum Gasteiger partial charge on any atom is 0.311 e. The number of nitro groups is 1. The number of nitro benzene ring substituents is 1. The SMILES string of the molecule is Br.CCOc1cc(N2CCN(C(=NCCSCc3ccc(Cl)cc3Cl)NCCC(=O)N(C)C)CC2)ccc1[N+](=O)[O-]. The second-order valence-electron chi connectivity index (χ2n) is 9.27. The molecule has 0 atom stereocenters. The lowest BCUT2D eigenvalue weighted by atomic mass is 10.2. The van der Waals surface area contributed by atoms with Crippen LogP contribution in [0.25, 0.3) is 0 Å². The van der Waals surface area contributed by atoms with Crippen LogP contribution in [0.4, 0.5) is 11.4 Å². The van der Waals surface area contributed by atoms with Gasteiger partial charge in [0.05, 0.1) is 18.1 Å². The van der Waals surface area contributed by atoms with Crippen molar-refractivity contribution in [3.05, 3.63) is 62.1 Å². The summed E-state index contributed by atoms with van der Waals surface area (Å²) >= 11 is 14.0. The average molecular weight is 693 g/mol. The Morgan fingerprint density at radius 1 is 1.17 bits per heavy atom. The molecular formula is C27H37BrCl2N6O4S. The number of carbonyl (C=O) groups excluding carboxylic acids is 1. The van der Waals surface area contributed by atoms with Gasteiger partial charge in [-0.15, -0.1) is 17.0 Å². The molecule has 1 fully saturated rings. The van der Waals surface area contributed by atoms with E-state index >= 15 is 0 Å². The van der Waals surface area contributed by atoms with Crippen molar-refractivity contribution in [2.75, 3.05) is 70.6 Å². The molecule has 2 aromatic rings. The number of nitrogens with zero attached hydrogens (tertiary/aromatic N) is 5. The summed E-state index contributed by atoms with van der Waals surface area (Å²) in [5.74, 6) is 2.68. The quantitative estimate of drug-likeness (QED) is 0.104. The van der Waals surface area contributed by atoms with Crippen molar-refractivity contribution in [3.63, 3.8) is 0 Å². The van der Waals surface area contributed by atoms with Gasteiger partial charge in [0.25, 0.3) is 0 Å². The second kappa shape index (κ2) is 17.5. The molecule has 0 aromatic heterocycles. The van der Waals surface area contributed by atoms with E-state index in [2.05, 4.69) is 15.1 Å². The number of thioether (sulfide) groups is 1. The summed E-state index contributed by atoms with van der Waals surface area (Å²) < 4.78 is 5.52. The lowest BCUT2D eigenvalue weighted by molar-refractivity contribution is -0.385. The number of hydrogen-bond donors (Lipinski definition) is 1. The van der Waals surface area contributed by atoms with Crippen LogP contribution in [0.15, 0.2) is 41.4 Å².